The van der Waals surface area contributed by atoms with Crippen LogP contribution < -0.4 is 0 Å². The molecule has 0 spiro atoms. The third-order valence-corrected chi connectivity index (χ3v) is 2.18. The summed E-state index contributed by atoms with van der Waals surface area (Å²) in [5.74, 6) is 0.530. The largest absolute Gasteiger partial charge is 0.204 e. The van der Waals surface area contributed by atoms with Crippen LogP contribution in [0.4, 0.5) is 0 Å². The normalized spacial score (nSPS) is 12.0. The van der Waals surface area contributed by atoms with Gasteiger partial charge in [-0.2, -0.15) is 10.1 Å². The number of aromatic nitrogens is 4. The highest BCUT2D eigenvalue weighted by Crippen LogP contribution is 2.11. The Bertz CT molecular complexity index is 501. The topological polar surface area (TPSA) is 67.4 Å². The van der Waals surface area contributed by atoms with E-state index >= 15 is 0 Å². The van der Waals surface area contributed by atoms with E-state index in [1.54, 1.807) is 0 Å². The molecule has 1 aromatic carbocycles. The van der Waals surface area contributed by atoms with Gasteiger partial charge in [0.05, 0.1) is 12.6 Å². The first kappa shape index (κ1) is 10.6. The molecule has 0 aliphatic carbocycles. The second kappa shape index (κ2) is 4.73. The third kappa shape index (κ3) is 2.35. The Morgan fingerprint density at radius 2 is 2.12 bits per heavy atom. The fraction of sp³-hybridized carbons (Fsp3) is 0.200. The highest BCUT2D eigenvalue weighted by Gasteiger charge is 2.08. The molecule has 0 aliphatic heterocycles. The first-order valence-electron chi connectivity index (χ1n) is 4.66. The minimum absolute atomic E-state index is 0.234. The quantitative estimate of drug-likeness (QED) is 0.753. The fourth-order valence-corrected chi connectivity index (χ4v) is 1.33. The van der Waals surface area contributed by atoms with Crippen molar-refractivity contribution in [2.24, 2.45) is 0 Å². The van der Waals surface area contributed by atoms with Crippen molar-refractivity contribution in [2.45, 2.75) is 11.9 Å². The molecule has 0 N–H and O–H groups in total. The van der Waals surface area contributed by atoms with Gasteiger partial charge in [-0.15, -0.1) is 21.8 Å². The average molecular weight is 234 g/mol. The summed E-state index contributed by atoms with van der Waals surface area (Å²) >= 11 is 5.67. The molecule has 16 heavy (non-hydrogen) atoms. The van der Waals surface area contributed by atoms with Gasteiger partial charge >= 0.3 is 0 Å². The van der Waals surface area contributed by atoms with Crippen LogP contribution in [-0.4, -0.2) is 25.6 Å². The lowest BCUT2D eigenvalue weighted by Gasteiger charge is -1.96. The maximum Gasteiger partial charge on any atom is 0.204 e. The van der Waals surface area contributed by atoms with Gasteiger partial charge in [-0.1, -0.05) is 30.3 Å². The zero-order valence-electron chi connectivity index (χ0n) is 8.29. The molecule has 0 aliphatic rings. The number of halogens is 1. The van der Waals surface area contributed by atoms with Crippen LogP contribution in [0.25, 0.3) is 11.4 Å². The smallest absolute Gasteiger partial charge is 0.197 e. The Balaban J connectivity index is 2.18. The zero-order valence-corrected chi connectivity index (χ0v) is 9.04. The van der Waals surface area contributed by atoms with Crippen LogP contribution in [0.5, 0.6) is 0 Å². The fourth-order valence-electron chi connectivity index (χ4n) is 1.21. The highest BCUT2D eigenvalue weighted by molar-refractivity contribution is 6.22. The second-order valence-electron chi connectivity index (χ2n) is 3.13. The number of hydrogen-bond donors (Lipinski definition) is 0. The minimum Gasteiger partial charge on any atom is -0.197 e. The van der Waals surface area contributed by atoms with E-state index in [-0.39, 0.29) is 6.54 Å². The van der Waals surface area contributed by atoms with Gasteiger partial charge in [-0.3, -0.25) is 0 Å². The lowest BCUT2D eigenvalue weighted by atomic mass is 10.2. The van der Waals surface area contributed by atoms with E-state index in [2.05, 4.69) is 15.4 Å². The molecule has 0 fully saturated rings. The van der Waals surface area contributed by atoms with Crippen LogP contribution in [0, 0.1) is 11.3 Å². The molecule has 0 saturated carbocycles. The third-order valence-electron chi connectivity index (χ3n) is 1.95. The number of nitrogens with zero attached hydrogens (tertiary/aromatic N) is 5. The molecule has 0 bridgehead atoms. The van der Waals surface area contributed by atoms with Gasteiger partial charge < -0.3 is 0 Å². The molecule has 2 rings (SSSR count). The van der Waals surface area contributed by atoms with E-state index in [9.17, 15) is 0 Å². The zero-order chi connectivity index (χ0) is 11.4. The van der Waals surface area contributed by atoms with Crippen LogP contribution in [0.3, 0.4) is 0 Å². The van der Waals surface area contributed by atoms with Crippen molar-refractivity contribution >= 4 is 11.6 Å². The van der Waals surface area contributed by atoms with Gasteiger partial charge in [0, 0.05) is 5.56 Å². The molecular weight excluding hydrogens is 226 g/mol. The molecule has 80 valence electrons. The van der Waals surface area contributed by atoms with Crippen molar-refractivity contribution in [1.29, 1.82) is 5.26 Å². The summed E-state index contributed by atoms with van der Waals surface area (Å²) in [6.45, 7) is 0.234. The number of benzene rings is 1. The Kier molecular flexibility index (Phi) is 3.13. The molecule has 2 aromatic rings. The summed E-state index contributed by atoms with van der Waals surface area (Å²) in [5, 5.41) is 19.7. The van der Waals surface area contributed by atoms with Gasteiger partial charge in [-0.05, 0) is 5.21 Å². The summed E-state index contributed by atoms with van der Waals surface area (Å²) in [6.07, 6.45) is 0. The summed E-state index contributed by atoms with van der Waals surface area (Å²) in [6, 6.07) is 11.4. The van der Waals surface area contributed by atoms with Gasteiger partial charge in [0.2, 0.25) is 5.82 Å². The molecule has 0 amide bonds. The summed E-state index contributed by atoms with van der Waals surface area (Å²) in [4.78, 5) is 1.32. The SMILES string of the molecule is N#CC(Cl)Cn1nnc(-c2ccccc2)n1. The molecule has 1 heterocycles. The number of nitriles is 1. The molecule has 0 radical (unpaired) electrons. The standard InChI is InChI=1S/C10H8ClN5/c11-9(6-12)7-16-14-10(13-15-16)8-4-2-1-3-5-8/h1-5,9H,7H2. The minimum atomic E-state index is -0.641. The molecule has 1 atom stereocenters. The van der Waals surface area contributed by atoms with E-state index in [0.717, 1.165) is 5.56 Å². The summed E-state index contributed by atoms with van der Waals surface area (Å²) in [5.41, 5.74) is 0.886. The molecule has 1 aromatic heterocycles. The van der Waals surface area contributed by atoms with Crippen molar-refractivity contribution in [1.82, 2.24) is 20.2 Å². The van der Waals surface area contributed by atoms with Gasteiger partial charge in [0.25, 0.3) is 0 Å². The van der Waals surface area contributed by atoms with Crippen LogP contribution in [0.2, 0.25) is 0 Å². The number of hydrogen-bond acceptors (Lipinski definition) is 4. The van der Waals surface area contributed by atoms with Crippen LogP contribution in [0.15, 0.2) is 30.3 Å². The lowest BCUT2D eigenvalue weighted by molar-refractivity contribution is 0.534. The lowest BCUT2D eigenvalue weighted by Crippen LogP contribution is -2.11. The van der Waals surface area contributed by atoms with Gasteiger partial charge in [0.15, 0.2) is 0 Å². The van der Waals surface area contributed by atoms with Crippen LogP contribution in [0.1, 0.15) is 0 Å². The molecule has 6 heteroatoms. The summed E-state index contributed by atoms with van der Waals surface area (Å²) < 4.78 is 0. The van der Waals surface area contributed by atoms with Gasteiger partial charge in [-0.25, -0.2) is 0 Å². The predicted molar refractivity (Wildman–Crippen MR) is 58.5 cm³/mol. The van der Waals surface area contributed by atoms with Crippen molar-refractivity contribution in [3.63, 3.8) is 0 Å². The van der Waals surface area contributed by atoms with Crippen molar-refractivity contribution in [3.8, 4) is 17.5 Å². The average Bonchev–Trinajstić information content (AvgIpc) is 2.78. The Labute approximate surface area is 97.3 Å². The Morgan fingerprint density at radius 3 is 2.81 bits per heavy atom. The number of tetrazole rings is 1. The van der Waals surface area contributed by atoms with Crippen molar-refractivity contribution < 1.29 is 0 Å². The Hall–Kier alpha value is -1.93. The molecule has 0 saturated heterocycles. The first-order chi connectivity index (χ1) is 7.79. The predicted octanol–water partition coefficient (Wildman–Crippen LogP) is 1.47. The van der Waals surface area contributed by atoms with Crippen molar-refractivity contribution in [2.75, 3.05) is 0 Å². The van der Waals surface area contributed by atoms with E-state index in [1.165, 1.54) is 4.80 Å². The monoisotopic (exact) mass is 233 g/mol. The van der Waals surface area contributed by atoms with E-state index < -0.39 is 5.38 Å². The molecule has 1 unspecified atom stereocenters. The second-order valence-corrected chi connectivity index (χ2v) is 3.66. The van der Waals surface area contributed by atoms with Crippen LogP contribution in [-0.2, 0) is 6.54 Å². The highest BCUT2D eigenvalue weighted by atomic mass is 35.5. The van der Waals surface area contributed by atoms with Crippen LogP contribution >= 0.6 is 11.6 Å². The van der Waals surface area contributed by atoms with E-state index in [4.69, 9.17) is 16.9 Å². The Morgan fingerprint density at radius 1 is 1.38 bits per heavy atom. The van der Waals surface area contributed by atoms with Gasteiger partial charge in [0.1, 0.15) is 5.38 Å². The van der Waals surface area contributed by atoms with E-state index in [0.29, 0.717) is 5.82 Å². The number of rotatable bonds is 3. The molecule has 5 nitrogen and oxygen atoms in total. The van der Waals surface area contributed by atoms with Crippen molar-refractivity contribution in [3.05, 3.63) is 30.3 Å². The first-order valence-corrected chi connectivity index (χ1v) is 5.10. The van der Waals surface area contributed by atoms with E-state index in [1.807, 2.05) is 36.4 Å². The summed E-state index contributed by atoms with van der Waals surface area (Å²) in [7, 11) is 0. The maximum absolute atomic E-state index is 8.55. The number of alkyl halides is 1. The maximum atomic E-state index is 8.55. The molecular formula is C10H8ClN5.